The first-order chi connectivity index (χ1) is 11.5. The van der Waals surface area contributed by atoms with E-state index in [1.807, 2.05) is 62.1 Å². The second kappa shape index (κ2) is 6.68. The van der Waals surface area contributed by atoms with Crippen molar-refractivity contribution in [2.75, 3.05) is 0 Å². The van der Waals surface area contributed by atoms with Crippen molar-refractivity contribution in [2.24, 2.45) is 0 Å². The van der Waals surface area contributed by atoms with Crippen molar-refractivity contribution >= 4 is 6.09 Å². The molecule has 0 bridgehead atoms. The summed E-state index contributed by atoms with van der Waals surface area (Å²) in [5.74, 6) is 0. The summed E-state index contributed by atoms with van der Waals surface area (Å²) in [4.78, 5) is 14.9. The summed E-state index contributed by atoms with van der Waals surface area (Å²) >= 11 is 0. The molecule has 2 aromatic carbocycles. The standard InChI is InChI=1S/C21H25NO2/c1-21(2,3)24-20(23)22-18(16-10-6-4-7-11-16)14-15-19(22)17-12-8-5-9-13-17/h4-13,18-19H,14-15H2,1-3H3/t18-,19+. The number of hydrogen-bond acceptors (Lipinski definition) is 2. The molecule has 0 aliphatic carbocycles. The van der Waals surface area contributed by atoms with Gasteiger partial charge in [-0.25, -0.2) is 4.79 Å². The predicted octanol–water partition coefficient (Wildman–Crippen LogP) is 5.50. The zero-order valence-corrected chi connectivity index (χ0v) is 14.6. The lowest BCUT2D eigenvalue weighted by molar-refractivity contribution is 0.0141. The van der Waals surface area contributed by atoms with Crippen LogP contribution >= 0.6 is 0 Å². The van der Waals surface area contributed by atoms with Gasteiger partial charge in [0.1, 0.15) is 5.60 Å². The van der Waals surface area contributed by atoms with E-state index in [0.717, 1.165) is 12.8 Å². The number of rotatable bonds is 2. The normalized spacial score (nSPS) is 20.9. The van der Waals surface area contributed by atoms with E-state index in [1.165, 1.54) is 11.1 Å². The molecule has 0 aromatic heterocycles. The van der Waals surface area contributed by atoms with Gasteiger partial charge < -0.3 is 4.74 Å². The van der Waals surface area contributed by atoms with E-state index in [0.29, 0.717) is 0 Å². The van der Waals surface area contributed by atoms with Gasteiger partial charge in [0.25, 0.3) is 0 Å². The first kappa shape index (κ1) is 16.6. The van der Waals surface area contributed by atoms with Crippen molar-refractivity contribution in [3.63, 3.8) is 0 Å². The molecule has 1 amide bonds. The third-order valence-electron chi connectivity index (χ3n) is 4.36. The lowest BCUT2D eigenvalue weighted by Crippen LogP contribution is -2.37. The fraction of sp³-hybridized carbons (Fsp3) is 0.381. The van der Waals surface area contributed by atoms with Crippen LogP contribution in [0.3, 0.4) is 0 Å². The van der Waals surface area contributed by atoms with Crippen molar-refractivity contribution < 1.29 is 9.53 Å². The van der Waals surface area contributed by atoms with Crippen LogP contribution < -0.4 is 0 Å². The average molecular weight is 323 g/mol. The summed E-state index contributed by atoms with van der Waals surface area (Å²) in [6, 6.07) is 20.6. The van der Waals surface area contributed by atoms with Crippen molar-refractivity contribution in [2.45, 2.75) is 51.3 Å². The van der Waals surface area contributed by atoms with Crippen LogP contribution in [-0.2, 0) is 4.74 Å². The van der Waals surface area contributed by atoms with Crippen LogP contribution in [0.25, 0.3) is 0 Å². The second-order valence-electron chi connectivity index (χ2n) is 7.32. The minimum atomic E-state index is -0.498. The van der Waals surface area contributed by atoms with Crippen LogP contribution in [0.1, 0.15) is 56.8 Å². The lowest BCUT2D eigenvalue weighted by atomic mass is 10.0. The Hall–Kier alpha value is -2.29. The van der Waals surface area contributed by atoms with E-state index in [4.69, 9.17) is 4.74 Å². The Kier molecular flexibility index (Phi) is 4.61. The predicted molar refractivity (Wildman–Crippen MR) is 95.7 cm³/mol. The number of carbonyl (C=O) groups excluding carboxylic acids is 1. The monoisotopic (exact) mass is 323 g/mol. The van der Waals surface area contributed by atoms with Crippen molar-refractivity contribution in [3.8, 4) is 0 Å². The van der Waals surface area contributed by atoms with Gasteiger partial charge in [0, 0.05) is 0 Å². The van der Waals surface area contributed by atoms with Crippen molar-refractivity contribution in [1.82, 2.24) is 4.90 Å². The maximum Gasteiger partial charge on any atom is 0.411 e. The maximum absolute atomic E-state index is 12.9. The molecule has 1 heterocycles. The maximum atomic E-state index is 12.9. The van der Waals surface area contributed by atoms with E-state index in [-0.39, 0.29) is 18.2 Å². The van der Waals surface area contributed by atoms with E-state index in [9.17, 15) is 4.79 Å². The van der Waals surface area contributed by atoms with Crippen LogP contribution in [-0.4, -0.2) is 16.6 Å². The molecule has 2 aromatic rings. The summed E-state index contributed by atoms with van der Waals surface area (Å²) < 4.78 is 5.71. The highest BCUT2D eigenvalue weighted by Crippen LogP contribution is 2.44. The van der Waals surface area contributed by atoms with E-state index in [2.05, 4.69) is 24.3 Å². The smallest absolute Gasteiger partial charge is 0.411 e. The molecule has 2 atom stereocenters. The zero-order valence-electron chi connectivity index (χ0n) is 14.6. The average Bonchev–Trinajstić information content (AvgIpc) is 3.00. The molecule has 126 valence electrons. The summed E-state index contributed by atoms with van der Waals surface area (Å²) in [6.07, 6.45) is 1.66. The molecule has 1 fully saturated rings. The van der Waals surface area contributed by atoms with Gasteiger partial charge in [-0.2, -0.15) is 0 Å². The molecule has 1 saturated heterocycles. The van der Waals surface area contributed by atoms with Gasteiger partial charge in [0.15, 0.2) is 0 Å². The van der Waals surface area contributed by atoms with Gasteiger partial charge in [-0.3, -0.25) is 4.90 Å². The first-order valence-electron chi connectivity index (χ1n) is 8.57. The number of hydrogen-bond donors (Lipinski definition) is 0. The lowest BCUT2D eigenvalue weighted by Gasteiger charge is -2.33. The number of likely N-dealkylation sites (tertiary alicyclic amines) is 1. The van der Waals surface area contributed by atoms with Gasteiger partial charge >= 0.3 is 6.09 Å². The first-order valence-corrected chi connectivity index (χ1v) is 8.57. The zero-order chi connectivity index (χ0) is 17.2. The Labute approximate surface area is 144 Å². The molecule has 1 aliphatic rings. The Morgan fingerprint density at radius 2 is 1.29 bits per heavy atom. The quantitative estimate of drug-likeness (QED) is 0.730. The van der Waals surface area contributed by atoms with Crippen LogP contribution in [0.5, 0.6) is 0 Å². The fourth-order valence-corrected chi connectivity index (χ4v) is 3.39. The summed E-state index contributed by atoms with van der Waals surface area (Å²) in [5, 5.41) is 0. The summed E-state index contributed by atoms with van der Waals surface area (Å²) in [7, 11) is 0. The van der Waals surface area contributed by atoms with E-state index >= 15 is 0 Å². The van der Waals surface area contributed by atoms with Gasteiger partial charge in [0.05, 0.1) is 12.1 Å². The number of ether oxygens (including phenoxy) is 1. The van der Waals surface area contributed by atoms with Crippen molar-refractivity contribution in [3.05, 3.63) is 71.8 Å². The van der Waals surface area contributed by atoms with Crippen LogP contribution in [0.15, 0.2) is 60.7 Å². The van der Waals surface area contributed by atoms with E-state index < -0.39 is 5.60 Å². The highest BCUT2D eigenvalue weighted by molar-refractivity contribution is 5.70. The molecule has 0 spiro atoms. The Morgan fingerprint density at radius 3 is 1.67 bits per heavy atom. The number of carbonyl (C=O) groups is 1. The molecule has 3 nitrogen and oxygen atoms in total. The van der Waals surface area contributed by atoms with Crippen LogP contribution in [0, 0.1) is 0 Å². The van der Waals surface area contributed by atoms with Gasteiger partial charge in [-0.05, 0) is 44.7 Å². The van der Waals surface area contributed by atoms with Gasteiger partial charge in [-0.1, -0.05) is 60.7 Å². The topological polar surface area (TPSA) is 29.5 Å². The highest BCUT2D eigenvalue weighted by Gasteiger charge is 2.40. The second-order valence-corrected chi connectivity index (χ2v) is 7.32. The molecule has 0 saturated carbocycles. The van der Waals surface area contributed by atoms with Crippen molar-refractivity contribution in [1.29, 1.82) is 0 Å². The molecular weight excluding hydrogens is 298 g/mol. The molecule has 3 heteroatoms. The minimum absolute atomic E-state index is 0.0613. The number of nitrogens with zero attached hydrogens (tertiary/aromatic N) is 1. The van der Waals surface area contributed by atoms with Gasteiger partial charge in [-0.15, -0.1) is 0 Å². The Morgan fingerprint density at radius 1 is 0.875 bits per heavy atom. The minimum Gasteiger partial charge on any atom is -0.444 e. The molecule has 0 unspecified atom stereocenters. The molecule has 3 rings (SSSR count). The van der Waals surface area contributed by atoms with Crippen LogP contribution in [0.2, 0.25) is 0 Å². The number of benzene rings is 2. The summed E-state index contributed by atoms with van der Waals surface area (Å²) in [5.41, 5.74) is 1.84. The molecule has 0 N–H and O–H groups in total. The Bertz CT molecular complexity index is 628. The van der Waals surface area contributed by atoms with Gasteiger partial charge in [0.2, 0.25) is 0 Å². The third-order valence-corrected chi connectivity index (χ3v) is 4.36. The van der Waals surface area contributed by atoms with E-state index in [1.54, 1.807) is 0 Å². The highest BCUT2D eigenvalue weighted by atomic mass is 16.6. The van der Waals surface area contributed by atoms with Crippen LogP contribution in [0.4, 0.5) is 4.79 Å². The molecule has 1 aliphatic heterocycles. The third kappa shape index (κ3) is 3.61. The summed E-state index contributed by atoms with van der Waals surface area (Å²) in [6.45, 7) is 5.74. The fourth-order valence-electron chi connectivity index (χ4n) is 3.39. The largest absolute Gasteiger partial charge is 0.444 e. The molecule has 24 heavy (non-hydrogen) atoms. The number of amides is 1. The Balaban J connectivity index is 1.94. The SMILES string of the molecule is CC(C)(C)OC(=O)N1[C@@H](c2ccccc2)CC[C@H]1c1ccccc1. The molecular formula is C21H25NO2. The molecule has 0 radical (unpaired) electrons.